The predicted molar refractivity (Wildman–Crippen MR) is 42.9 cm³/mol. The molecule has 0 amide bonds. The summed E-state index contributed by atoms with van der Waals surface area (Å²) in [6, 6.07) is 0. The molecule has 14 heavy (non-hydrogen) atoms. The molecule has 0 aromatic rings. The molecule has 1 spiro atoms. The van der Waals surface area contributed by atoms with Crippen LogP contribution in [0.5, 0.6) is 0 Å². The molecule has 1 saturated heterocycles. The van der Waals surface area contributed by atoms with E-state index in [0.717, 1.165) is 0 Å². The molecule has 0 radical (unpaired) electrons. The molecule has 2 unspecified atom stereocenters. The molecule has 4 nitrogen and oxygen atoms in total. The number of rotatable bonds is 1. The van der Waals surface area contributed by atoms with Gasteiger partial charge in [0.2, 0.25) is 17.0 Å². The zero-order chi connectivity index (χ0) is 9.80. The SMILES string of the molecule is CCC1C(C)OC(=O)C12C(=O)C2=O.[H-].[Na+]. The molecule has 1 aliphatic carbocycles. The van der Waals surface area contributed by atoms with Gasteiger partial charge in [-0.1, -0.05) is 6.92 Å². The number of cyclic esters (lactones) is 1. The molecule has 0 bridgehead atoms. The van der Waals surface area contributed by atoms with E-state index in [2.05, 4.69) is 0 Å². The molecule has 0 aromatic carbocycles. The van der Waals surface area contributed by atoms with E-state index in [1.54, 1.807) is 6.92 Å². The number of hydrogen-bond acceptors (Lipinski definition) is 4. The van der Waals surface area contributed by atoms with Gasteiger partial charge in [-0.2, -0.15) is 0 Å². The van der Waals surface area contributed by atoms with Crippen molar-refractivity contribution in [1.29, 1.82) is 0 Å². The summed E-state index contributed by atoms with van der Waals surface area (Å²) in [5.74, 6) is -2.01. The summed E-state index contributed by atoms with van der Waals surface area (Å²) in [6.07, 6.45) is 0.303. The summed E-state index contributed by atoms with van der Waals surface area (Å²) in [4.78, 5) is 33.5. The van der Waals surface area contributed by atoms with Gasteiger partial charge in [0.25, 0.3) is 0 Å². The van der Waals surface area contributed by atoms with Crippen LogP contribution in [-0.2, 0) is 19.1 Å². The molecule has 2 rings (SSSR count). The third-order valence-electron chi connectivity index (χ3n) is 3.04. The molecule has 0 aromatic heterocycles. The Morgan fingerprint density at radius 1 is 1.36 bits per heavy atom. The Kier molecular flexibility index (Phi) is 2.91. The quantitative estimate of drug-likeness (QED) is 0.201. The van der Waals surface area contributed by atoms with E-state index in [0.29, 0.717) is 6.42 Å². The minimum absolute atomic E-state index is 0. The van der Waals surface area contributed by atoms with E-state index in [9.17, 15) is 14.4 Å². The molecule has 1 saturated carbocycles. The van der Waals surface area contributed by atoms with Crippen molar-refractivity contribution in [3.63, 3.8) is 0 Å². The minimum atomic E-state index is -1.38. The van der Waals surface area contributed by atoms with E-state index >= 15 is 0 Å². The number of carbonyl (C=O) groups is 3. The molecule has 72 valence electrons. The first-order chi connectivity index (χ1) is 6.06. The van der Waals surface area contributed by atoms with Crippen LogP contribution < -0.4 is 29.6 Å². The summed E-state index contributed by atoms with van der Waals surface area (Å²) in [5, 5.41) is 0. The van der Waals surface area contributed by atoms with Crippen molar-refractivity contribution in [3.8, 4) is 0 Å². The average Bonchev–Trinajstić information content (AvgIpc) is 2.53. The fraction of sp³-hybridized carbons (Fsp3) is 0.667. The first kappa shape index (κ1) is 11.9. The molecule has 2 fully saturated rings. The van der Waals surface area contributed by atoms with Crippen LogP contribution in [0.4, 0.5) is 0 Å². The number of ketones is 2. The Balaban J connectivity index is 0.000000980. The summed E-state index contributed by atoms with van der Waals surface area (Å²) in [6.45, 7) is 3.57. The standard InChI is InChI=1S/C9H10O4.Na.H/c1-3-5-4(2)13-8(12)9(5)6(10)7(9)11;;/h4-5H,3H2,1-2H3;;/q;+1;-1. The first-order valence-electron chi connectivity index (χ1n) is 4.37. The van der Waals surface area contributed by atoms with Gasteiger partial charge in [-0.3, -0.25) is 14.4 Å². The summed E-state index contributed by atoms with van der Waals surface area (Å²) >= 11 is 0. The van der Waals surface area contributed by atoms with Crippen LogP contribution in [0.25, 0.3) is 0 Å². The van der Waals surface area contributed by atoms with E-state index in [4.69, 9.17) is 4.74 Å². The van der Waals surface area contributed by atoms with Crippen LogP contribution in [0, 0.1) is 11.3 Å². The van der Waals surface area contributed by atoms with Crippen LogP contribution in [0.15, 0.2) is 0 Å². The van der Waals surface area contributed by atoms with Crippen LogP contribution in [0.1, 0.15) is 21.7 Å². The molecule has 1 heterocycles. The largest absolute Gasteiger partial charge is 1.00 e. The van der Waals surface area contributed by atoms with Crippen LogP contribution >= 0.6 is 0 Å². The number of ether oxygens (including phenoxy) is 1. The maximum atomic E-state index is 11.3. The van der Waals surface area contributed by atoms with E-state index in [1.165, 1.54) is 0 Å². The molecule has 2 atom stereocenters. The Hall–Kier alpha value is -0.190. The van der Waals surface area contributed by atoms with Gasteiger partial charge in [-0.25, -0.2) is 0 Å². The van der Waals surface area contributed by atoms with Gasteiger partial charge in [-0.05, 0) is 13.3 Å². The van der Waals surface area contributed by atoms with E-state index in [1.807, 2.05) is 6.92 Å². The van der Waals surface area contributed by atoms with Crippen molar-refractivity contribution < 1.29 is 50.1 Å². The smallest absolute Gasteiger partial charge is 1.00 e. The van der Waals surface area contributed by atoms with Gasteiger partial charge in [0.1, 0.15) is 6.10 Å². The fourth-order valence-electron chi connectivity index (χ4n) is 2.26. The molecule has 5 heteroatoms. The van der Waals surface area contributed by atoms with Crippen molar-refractivity contribution in [1.82, 2.24) is 0 Å². The van der Waals surface area contributed by atoms with E-state index < -0.39 is 23.0 Å². The second-order valence-corrected chi connectivity index (χ2v) is 3.59. The fourth-order valence-corrected chi connectivity index (χ4v) is 2.26. The summed E-state index contributed by atoms with van der Waals surface area (Å²) < 4.78 is 4.90. The third kappa shape index (κ3) is 1.08. The van der Waals surface area contributed by atoms with Gasteiger partial charge in [0.05, 0.1) is 0 Å². The molecular weight excluding hydrogens is 195 g/mol. The second-order valence-electron chi connectivity index (χ2n) is 3.59. The Bertz CT molecular complexity index is 314. The van der Waals surface area contributed by atoms with Crippen molar-refractivity contribution in [2.24, 2.45) is 11.3 Å². The third-order valence-corrected chi connectivity index (χ3v) is 3.04. The van der Waals surface area contributed by atoms with Crippen LogP contribution in [0.2, 0.25) is 0 Å². The number of carbonyl (C=O) groups excluding carboxylic acids is 3. The Labute approximate surface area is 105 Å². The van der Waals surface area contributed by atoms with Gasteiger partial charge in [0, 0.05) is 5.92 Å². The van der Waals surface area contributed by atoms with Crippen LogP contribution in [0.3, 0.4) is 0 Å². The molecular formula is C9H11NaO4. The minimum Gasteiger partial charge on any atom is -1.00 e. The predicted octanol–water partition coefficient (Wildman–Crippen LogP) is -2.79. The second kappa shape index (κ2) is 3.43. The van der Waals surface area contributed by atoms with Crippen molar-refractivity contribution in [3.05, 3.63) is 0 Å². The topological polar surface area (TPSA) is 60.4 Å². The normalized spacial score (nSPS) is 32.9. The number of Topliss-reactive ketones (excluding diaryl/α,β-unsaturated/α-hetero) is 2. The van der Waals surface area contributed by atoms with Crippen molar-refractivity contribution in [2.45, 2.75) is 26.4 Å². The van der Waals surface area contributed by atoms with Crippen LogP contribution in [-0.4, -0.2) is 23.6 Å². The van der Waals surface area contributed by atoms with Gasteiger partial charge in [-0.15, -0.1) is 0 Å². The summed E-state index contributed by atoms with van der Waals surface area (Å²) in [7, 11) is 0. The maximum Gasteiger partial charge on any atom is 1.00 e. The monoisotopic (exact) mass is 206 g/mol. The zero-order valence-electron chi connectivity index (χ0n) is 9.49. The van der Waals surface area contributed by atoms with Crippen molar-refractivity contribution in [2.75, 3.05) is 0 Å². The van der Waals surface area contributed by atoms with Gasteiger partial charge >= 0.3 is 35.5 Å². The molecule has 1 aliphatic heterocycles. The summed E-state index contributed by atoms with van der Waals surface area (Å²) in [5.41, 5.74) is -1.38. The Morgan fingerprint density at radius 2 is 1.86 bits per heavy atom. The average molecular weight is 206 g/mol. The number of esters is 1. The first-order valence-corrected chi connectivity index (χ1v) is 4.37. The molecule has 0 N–H and O–H groups in total. The van der Waals surface area contributed by atoms with Gasteiger partial charge < -0.3 is 6.16 Å². The Morgan fingerprint density at radius 3 is 2.14 bits per heavy atom. The number of hydrogen-bond donors (Lipinski definition) is 0. The zero-order valence-corrected chi connectivity index (χ0v) is 10.5. The van der Waals surface area contributed by atoms with Gasteiger partial charge in [0.15, 0.2) is 0 Å². The van der Waals surface area contributed by atoms with E-state index in [-0.39, 0.29) is 43.0 Å². The maximum absolute atomic E-state index is 11.3. The van der Waals surface area contributed by atoms with Crippen molar-refractivity contribution >= 4 is 17.5 Å². The molecule has 2 aliphatic rings.